The molecule has 3 aromatic carbocycles. The number of carbonyl (C=O) groups is 1. The van der Waals surface area contributed by atoms with Crippen molar-refractivity contribution in [2.24, 2.45) is 0 Å². The van der Waals surface area contributed by atoms with Crippen LogP contribution in [0.3, 0.4) is 0 Å². The average molecular weight is 399 g/mol. The lowest BCUT2D eigenvalue weighted by molar-refractivity contribution is 0.0527. The van der Waals surface area contributed by atoms with E-state index in [0.717, 1.165) is 30.4 Å². The maximum Gasteiger partial charge on any atom is 0.338 e. The highest BCUT2D eigenvalue weighted by molar-refractivity contribution is 6.01. The van der Waals surface area contributed by atoms with Crippen LogP contribution < -0.4 is 0 Å². The third-order valence-electron chi connectivity index (χ3n) is 5.94. The Labute approximate surface area is 179 Å². The van der Waals surface area contributed by atoms with Gasteiger partial charge < -0.3 is 4.74 Å². The van der Waals surface area contributed by atoms with Crippen molar-refractivity contribution in [3.63, 3.8) is 0 Å². The summed E-state index contributed by atoms with van der Waals surface area (Å²) in [5.41, 5.74) is 12.9. The van der Waals surface area contributed by atoms with Crippen molar-refractivity contribution in [1.82, 2.24) is 0 Å². The molecule has 0 aromatic heterocycles. The number of aryl methyl sites for hydroxylation is 4. The minimum absolute atomic E-state index is 0.230. The Morgan fingerprint density at radius 3 is 1.87 bits per heavy atom. The van der Waals surface area contributed by atoms with Crippen LogP contribution in [0.1, 0.15) is 57.1 Å². The van der Waals surface area contributed by atoms with Gasteiger partial charge in [-0.3, -0.25) is 0 Å². The van der Waals surface area contributed by atoms with Crippen molar-refractivity contribution in [2.45, 2.75) is 53.9 Å². The molecule has 1 aliphatic carbocycles. The quantitative estimate of drug-likeness (QED) is 0.446. The summed E-state index contributed by atoms with van der Waals surface area (Å²) in [6, 6.07) is 15.3. The van der Waals surface area contributed by atoms with Gasteiger partial charge in [-0.2, -0.15) is 0 Å². The molecule has 0 spiro atoms. The van der Waals surface area contributed by atoms with E-state index in [1.165, 1.54) is 44.5 Å². The van der Waals surface area contributed by atoms with Crippen molar-refractivity contribution >= 4 is 5.97 Å². The zero-order valence-corrected chi connectivity index (χ0v) is 18.7. The van der Waals surface area contributed by atoms with Gasteiger partial charge in [0.05, 0.1) is 12.2 Å². The van der Waals surface area contributed by atoms with E-state index in [1.54, 1.807) is 0 Å². The summed E-state index contributed by atoms with van der Waals surface area (Å²) < 4.78 is 5.51. The molecule has 1 aliphatic rings. The lowest BCUT2D eigenvalue weighted by Gasteiger charge is -2.19. The molecule has 154 valence electrons. The van der Waals surface area contributed by atoms with Gasteiger partial charge in [0.15, 0.2) is 0 Å². The van der Waals surface area contributed by atoms with E-state index >= 15 is 0 Å². The molecule has 4 rings (SSSR count). The Balaban J connectivity index is 2.04. The van der Waals surface area contributed by atoms with Gasteiger partial charge in [-0.05, 0) is 93.3 Å². The number of ether oxygens (including phenoxy) is 1. The number of carbonyl (C=O) groups excluding carboxylic acids is 1. The van der Waals surface area contributed by atoms with Gasteiger partial charge in [-0.25, -0.2) is 4.79 Å². The Morgan fingerprint density at radius 2 is 1.30 bits per heavy atom. The van der Waals surface area contributed by atoms with Crippen molar-refractivity contribution in [3.05, 3.63) is 81.4 Å². The number of rotatable bonds is 4. The summed E-state index contributed by atoms with van der Waals surface area (Å²) in [7, 11) is 0. The Morgan fingerprint density at radius 1 is 0.767 bits per heavy atom. The summed E-state index contributed by atoms with van der Waals surface area (Å²) in [5.74, 6) is -0.230. The fraction of sp³-hybridized carbons (Fsp3) is 0.321. The summed E-state index contributed by atoms with van der Waals surface area (Å²) in [6.07, 6.45) is 3.18. The molecule has 0 heterocycles. The van der Waals surface area contributed by atoms with Crippen molar-refractivity contribution in [2.75, 3.05) is 6.61 Å². The Kier molecular flexibility index (Phi) is 5.51. The van der Waals surface area contributed by atoms with Gasteiger partial charge in [0.25, 0.3) is 0 Å². The minimum atomic E-state index is -0.230. The molecule has 0 bridgehead atoms. The van der Waals surface area contributed by atoms with E-state index in [1.807, 2.05) is 6.92 Å². The summed E-state index contributed by atoms with van der Waals surface area (Å²) in [4.78, 5) is 13.1. The van der Waals surface area contributed by atoms with Crippen LogP contribution in [0.5, 0.6) is 0 Å². The normalized spacial score (nSPS) is 12.7. The fourth-order valence-electron chi connectivity index (χ4n) is 4.99. The second-order valence-corrected chi connectivity index (χ2v) is 8.63. The SMILES string of the molecule is CCOC(=O)c1cc(-c2cc(C)cc(C)c2)c2c(c1-c1cc(C)cc(C)c1)CCC2. The zero-order chi connectivity index (χ0) is 21.4. The van der Waals surface area contributed by atoms with E-state index in [0.29, 0.717) is 12.2 Å². The first-order valence-corrected chi connectivity index (χ1v) is 10.9. The molecule has 0 aliphatic heterocycles. The van der Waals surface area contributed by atoms with Crippen LogP contribution in [-0.2, 0) is 17.6 Å². The predicted octanol–water partition coefficient (Wildman–Crippen LogP) is 6.92. The van der Waals surface area contributed by atoms with Crippen LogP contribution in [0.2, 0.25) is 0 Å². The van der Waals surface area contributed by atoms with Crippen LogP contribution >= 0.6 is 0 Å². The van der Waals surface area contributed by atoms with Gasteiger partial charge in [0.1, 0.15) is 0 Å². The number of hydrogen-bond acceptors (Lipinski definition) is 2. The van der Waals surface area contributed by atoms with Gasteiger partial charge in [0.2, 0.25) is 0 Å². The van der Waals surface area contributed by atoms with Crippen LogP contribution in [-0.4, -0.2) is 12.6 Å². The molecule has 0 radical (unpaired) electrons. The average Bonchev–Trinajstić information content (AvgIpc) is 3.14. The lowest BCUT2D eigenvalue weighted by Crippen LogP contribution is -2.10. The van der Waals surface area contributed by atoms with Gasteiger partial charge in [-0.15, -0.1) is 0 Å². The highest BCUT2D eigenvalue weighted by Crippen LogP contribution is 2.42. The fourth-order valence-corrected chi connectivity index (χ4v) is 4.99. The number of benzene rings is 3. The molecule has 0 saturated heterocycles. The molecule has 2 nitrogen and oxygen atoms in total. The Bertz CT molecular complexity index is 1100. The molecule has 2 heteroatoms. The van der Waals surface area contributed by atoms with Crippen LogP contribution in [0.4, 0.5) is 0 Å². The maximum absolute atomic E-state index is 13.1. The number of esters is 1. The zero-order valence-electron chi connectivity index (χ0n) is 18.7. The molecular formula is C28H30O2. The van der Waals surface area contributed by atoms with Gasteiger partial charge in [0, 0.05) is 0 Å². The third kappa shape index (κ3) is 3.79. The van der Waals surface area contributed by atoms with E-state index in [9.17, 15) is 4.79 Å². The minimum Gasteiger partial charge on any atom is -0.462 e. The highest BCUT2D eigenvalue weighted by atomic mass is 16.5. The molecule has 0 unspecified atom stereocenters. The largest absolute Gasteiger partial charge is 0.462 e. The number of fused-ring (bicyclic) bond motifs is 1. The van der Waals surface area contributed by atoms with Crippen molar-refractivity contribution in [3.8, 4) is 22.3 Å². The second-order valence-electron chi connectivity index (χ2n) is 8.63. The summed E-state index contributed by atoms with van der Waals surface area (Å²) in [6.45, 7) is 10.7. The predicted molar refractivity (Wildman–Crippen MR) is 124 cm³/mol. The first-order valence-electron chi connectivity index (χ1n) is 10.9. The molecule has 0 atom stereocenters. The molecule has 0 N–H and O–H groups in total. The summed E-state index contributed by atoms with van der Waals surface area (Å²) in [5, 5.41) is 0. The lowest BCUT2D eigenvalue weighted by atomic mass is 9.85. The standard InChI is InChI=1S/C28H30O2/c1-6-30-28(29)26-16-25(21-12-17(2)10-18(3)13-21)23-8-7-9-24(23)27(26)22-14-19(4)11-20(5)15-22/h10-16H,6-9H2,1-5H3. The molecule has 0 amide bonds. The maximum atomic E-state index is 13.1. The summed E-state index contributed by atoms with van der Waals surface area (Å²) >= 11 is 0. The molecule has 0 saturated carbocycles. The third-order valence-corrected chi connectivity index (χ3v) is 5.94. The first kappa shape index (κ1) is 20.4. The monoisotopic (exact) mass is 398 g/mol. The smallest absolute Gasteiger partial charge is 0.338 e. The van der Waals surface area contributed by atoms with Crippen molar-refractivity contribution in [1.29, 1.82) is 0 Å². The molecule has 30 heavy (non-hydrogen) atoms. The number of hydrogen-bond donors (Lipinski definition) is 0. The Hall–Kier alpha value is -2.87. The highest BCUT2D eigenvalue weighted by Gasteiger charge is 2.27. The second kappa shape index (κ2) is 8.10. The molecular weight excluding hydrogens is 368 g/mol. The van der Waals surface area contributed by atoms with Crippen LogP contribution in [0.25, 0.3) is 22.3 Å². The van der Waals surface area contributed by atoms with Crippen molar-refractivity contribution < 1.29 is 9.53 Å². The van der Waals surface area contributed by atoms with Crippen LogP contribution in [0.15, 0.2) is 42.5 Å². The van der Waals surface area contributed by atoms with E-state index < -0.39 is 0 Å². The molecule has 0 fully saturated rings. The van der Waals surface area contributed by atoms with Crippen LogP contribution in [0, 0.1) is 27.7 Å². The van der Waals surface area contributed by atoms with Gasteiger partial charge >= 0.3 is 5.97 Å². The van der Waals surface area contributed by atoms with E-state index in [-0.39, 0.29) is 5.97 Å². The van der Waals surface area contributed by atoms with E-state index in [2.05, 4.69) is 70.2 Å². The van der Waals surface area contributed by atoms with Gasteiger partial charge in [-0.1, -0.05) is 58.7 Å². The van der Waals surface area contributed by atoms with E-state index in [4.69, 9.17) is 4.74 Å². The molecule has 3 aromatic rings. The topological polar surface area (TPSA) is 26.3 Å². The first-order chi connectivity index (χ1) is 14.4.